The summed E-state index contributed by atoms with van der Waals surface area (Å²) < 4.78 is 29.3. The standard InChI is InChI=1S/C16H23N5O2S/c1-4-21-13(3)16(10-18-21)24(22,23)20-7-5-6-14(11-20)15-9-17-8-12(2)19-15/h8-10,14H,4-7,11H2,1-3H3/t14-/m1/s1. The number of aryl methyl sites for hydroxylation is 2. The first kappa shape index (κ1) is 17.0. The maximum Gasteiger partial charge on any atom is 0.246 e. The summed E-state index contributed by atoms with van der Waals surface area (Å²) in [5.41, 5.74) is 2.42. The number of piperidine rings is 1. The van der Waals surface area contributed by atoms with Gasteiger partial charge in [0, 0.05) is 37.9 Å². The maximum atomic E-state index is 13.0. The van der Waals surface area contributed by atoms with Gasteiger partial charge >= 0.3 is 0 Å². The van der Waals surface area contributed by atoms with Crippen molar-refractivity contribution in [3.8, 4) is 0 Å². The van der Waals surface area contributed by atoms with Crippen molar-refractivity contribution < 1.29 is 8.42 Å². The van der Waals surface area contributed by atoms with E-state index < -0.39 is 10.0 Å². The Morgan fingerprint density at radius 3 is 2.71 bits per heavy atom. The summed E-state index contributed by atoms with van der Waals surface area (Å²) in [7, 11) is -3.53. The fraction of sp³-hybridized carbons (Fsp3) is 0.562. The van der Waals surface area contributed by atoms with E-state index in [9.17, 15) is 8.42 Å². The second-order valence-electron chi connectivity index (χ2n) is 6.20. The smallest absolute Gasteiger partial charge is 0.246 e. The SMILES string of the molecule is CCn1ncc(S(=O)(=O)N2CCC[C@@H](c3cncc(C)n3)C2)c1C. The van der Waals surface area contributed by atoms with Crippen molar-refractivity contribution in [1.29, 1.82) is 0 Å². The Balaban J connectivity index is 1.87. The van der Waals surface area contributed by atoms with E-state index in [1.54, 1.807) is 28.3 Å². The quantitative estimate of drug-likeness (QED) is 0.842. The number of nitrogens with zero attached hydrogens (tertiary/aromatic N) is 5. The van der Waals surface area contributed by atoms with Crippen molar-refractivity contribution >= 4 is 10.0 Å². The van der Waals surface area contributed by atoms with E-state index in [1.165, 1.54) is 6.20 Å². The van der Waals surface area contributed by atoms with Gasteiger partial charge in [0.2, 0.25) is 10.0 Å². The molecule has 0 aliphatic carbocycles. The lowest BCUT2D eigenvalue weighted by molar-refractivity contribution is 0.312. The molecule has 130 valence electrons. The molecule has 24 heavy (non-hydrogen) atoms. The highest BCUT2D eigenvalue weighted by Crippen LogP contribution is 2.30. The molecule has 1 atom stereocenters. The van der Waals surface area contributed by atoms with E-state index >= 15 is 0 Å². The third-order valence-corrected chi connectivity index (χ3v) is 6.52. The summed E-state index contributed by atoms with van der Waals surface area (Å²) in [6.07, 6.45) is 6.67. The summed E-state index contributed by atoms with van der Waals surface area (Å²) in [6, 6.07) is 0. The highest BCUT2D eigenvalue weighted by atomic mass is 32.2. The minimum Gasteiger partial charge on any atom is -0.269 e. The predicted octanol–water partition coefficient (Wildman–Crippen LogP) is 1.88. The number of rotatable bonds is 4. The Bertz CT molecular complexity index is 831. The molecule has 7 nitrogen and oxygen atoms in total. The van der Waals surface area contributed by atoms with Crippen LogP contribution >= 0.6 is 0 Å². The molecule has 0 spiro atoms. The molecule has 1 saturated heterocycles. The molecule has 3 rings (SSSR count). The van der Waals surface area contributed by atoms with E-state index in [1.807, 2.05) is 13.8 Å². The second kappa shape index (κ2) is 6.60. The highest BCUT2D eigenvalue weighted by Gasteiger charge is 2.33. The Labute approximate surface area is 142 Å². The predicted molar refractivity (Wildman–Crippen MR) is 90.1 cm³/mol. The molecule has 1 aliphatic rings. The normalized spacial score (nSPS) is 19.5. The molecule has 0 bridgehead atoms. The molecule has 1 fully saturated rings. The lowest BCUT2D eigenvalue weighted by Gasteiger charge is -2.31. The molecule has 3 heterocycles. The van der Waals surface area contributed by atoms with Crippen LogP contribution in [0.2, 0.25) is 0 Å². The number of hydrogen-bond donors (Lipinski definition) is 0. The monoisotopic (exact) mass is 349 g/mol. The van der Waals surface area contributed by atoms with Crippen molar-refractivity contribution in [1.82, 2.24) is 24.1 Å². The average Bonchev–Trinajstić information content (AvgIpc) is 2.96. The van der Waals surface area contributed by atoms with Crippen LogP contribution in [-0.4, -0.2) is 45.6 Å². The van der Waals surface area contributed by atoms with E-state index in [0.29, 0.717) is 30.2 Å². The third kappa shape index (κ3) is 3.08. The fourth-order valence-electron chi connectivity index (χ4n) is 3.22. The van der Waals surface area contributed by atoms with Crippen LogP contribution in [0.3, 0.4) is 0 Å². The minimum absolute atomic E-state index is 0.0856. The van der Waals surface area contributed by atoms with Gasteiger partial charge in [0.25, 0.3) is 0 Å². The van der Waals surface area contributed by atoms with Crippen LogP contribution in [0.5, 0.6) is 0 Å². The van der Waals surface area contributed by atoms with Gasteiger partial charge in [0.15, 0.2) is 0 Å². The van der Waals surface area contributed by atoms with Gasteiger partial charge in [-0.05, 0) is 33.6 Å². The van der Waals surface area contributed by atoms with Crippen LogP contribution in [0.25, 0.3) is 0 Å². The molecule has 0 amide bonds. The van der Waals surface area contributed by atoms with Crippen molar-refractivity contribution in [3.05, 3.63) is 35.7 Å². The molecule has 0 radical (unpaired) electrons. The maximum absolute atomic E-state index is 13.0. The van der Waals surface area contributed by atoms with Gasteiger partial charge in [-0.15, -0.1) is 0 Å². The topological polar surface area (TPSA) is 81.0 Å². The summed E-state index contributed by atoms with van der Waals surface area (Å²) in [4.78, 5) is 9.02. The average molecular weight is 349 g/mol. The Morgan fingerprint density at radius 1 is 1.25 bits per heavy atom. The van der Waals surface area contributed by atoms with Crippen molar-refractivity contribution in [2.24, 2.45) is 0 Å². The molecule has 2 aromatic heterocycles. The molecule has 0 saturated carbocycles. The minimum atomic E-state index is -3.53. The van der Waals surface area contributed by atoms with Crippen LogP contribution in [0.4, 0.5) is 0 Å². The molecule has 1 aliphatic heterocycles. The molecular weight excluding hydrogens is 326 g/mol. The first-order valence-electron chi connectivity index (χ1n) is 8.24. The van der Waals surface area contributed by atoms with E-state index in [-0.39, 0.29) is 5.92 Å². The van der Waals surface area contributed by atoms with Gasteiger partial charge in [-0.2, -0.15) is 9.40 Å². The first-order valence-corrected chi connectivity index (χ1v) is 9.68. The highest BCUT2D eigenvalue weighted by molar-refractivity contribution is 7.89. The molecule has 0 N–H and O–H groups in total. The van der Waals surface area contributed by atoms with E-state index in [0.717, 1.165) is 24.2 Å². The van der Waals surface area contributed by atoms with E-state index in [2.05, 4.69) is 15.1 Å². The number of sulfonamides is 1. The lowest BCUT2D eigenvalue weighted by Crippen LogP contribution is -2.39. The Hall–Kier alpha value is -1.80. The molecule has 8 heteroatoms. The second-order valence-corrected chi connectivity index (χ2v) is 8.10. The van der Waals surface area contributed by atoms with Crippen LogP contribution < -0.4 is 0 Å². The van der Waals surface area contributed by atoms with Gasteiger partial charge in [0.05, 0.1) is 23.3 Å². The number of hydrogen-bond acceptors (Lipinski definition) is 5. The van der Waals surface area contributed by atoms with Gasteiger partial charge < -0.3 is 0 Å². The zero-order valence-electron chi connectivity index (χ0n) is 14.3. The summed E-state index contributed by atoms with van der Waals surface area (Å²) in [5, 5.41) is 4.17. The molecule has 0 unspecified atom stereocenters. The zero-order chi connectivity index (χ0) is 17.3. The van der Waals surface area contributed by atoms with Crippen LogP contribution in [0.1, 0.15) is 42.8 Å². The van der Waals surface area contributed by atoms with Crippen molar-refractivity contribution in [3.63, 3.8) is 0 Å². The first-order chi connectivity index (χ1) is 11.4. The van der Waals surface area contributed by atoms with E-state index in [4.69, 9.17) is 0 Å². The van der Waals surface area contributed by atoms with Gasteiger partial charge in [0.1, 0.15) is 4.90 Å². The lowest BCUT2D eigenvalue weighted by atomic mass is 9.96. The van der Waals surface area contributed by atoms with Gasteiger partial charge in [-0.3, -0.25) is 14.6 Å². The summed E-state index contributed by atoms with van der Waals surface area (Å²) in [5.74, 6) is 0.0856. The molecule has 2 aromatic rings. The molecule has 0 aromatic carbocycles. The largest absolute Gasteiger partial charge is 0.269 e. The summed E-state index contributed by atoms with van der Waals surface area (Å²) in [6.45, 7) is 7.28. The summed E-state index contributed by atoms with van der Waals surface area (Å²) >= 11 is 0. The van der Waals surface area contributed by atoms with Crippen LogP contribution in [-0.2, 0) is 16.6 Å². The third-order valence-electron chi connectivity index (χ3n) is 4.55. The van der Waals surface area contributed by atoms with Gasteiger partial charge in [-0.1, -0.05) is 0 Å². The Kier molecular flexibility index (Phi) is 4.69. The molecular formula is C16H23N5O2S. The van der Waals surface area contributed by atoms with Crippen molar-refractivity contribution in [2.45, 2.75) is 51.0 Å². The van der Waals surface area contributed by atoms with Gasteiger partial charge in [-0.25, -0.2) is 8.42 Å². The van der Waals surface area contributed by atoms with Crippen LogP contribution in [0, 0.1) is 13.8 Å². The van der Waals surface area contributed by atoms with Crippen LogP contribution in [0.15, 0.2) is 23.5 Å². The fourth-order valence-corrected chi connectivity index (χ4v) is 4.91. The zero-order valence-corrected chi connectivity index (χ0v) is 15.1. The Morgan fingerprint density at radius 2 is 2.04 bits per heavy atom. The number of aromatic nitrogens is 4. The van der Waals surface area contributed by atoms with Crippen molar-refractivity contribution in [2.75, 3.05) is 13.1 Å².